The van der Waals surface area contributed by atoms with Gasteiger partial charge in [-0.05, 0) is 16.3 Å². The molecule has 20 heavy (non-hydrogen) atoms. The highest BCUT2D eigenvalue weighted by Crippen LogP contribution is 2.69. The van der Waals surface area contributed by atoms with Gasteiger partial charge in [-0.15, -0.1) is 23.5 Å². The quantitative estimate of drug-likeness (QED) is 0.738. The van der Waals surface area contributed by atoms with E-state index in [2.05, 4.69) is 36.4 Å². The van der Waals surface area contributed by atoms with Crippen LogP contribution in [0.25, 0.3) is 10.8 Å². The number of ether oxygens (including phenoxy) is 2. The molecule has 0 radical (unpaired) electrons. The summed E-state index contributed by atoms with van der Waals surface area (Å²) in [5, 5.41) is 2.64. The Bertz CT molecular complexity index is 644. The highest BCUT2D eigenvalue weighted by molar-refractivity contribution is 8.17. The highest BCUT2D eigenvalue weighted by atomic mass is 32.2. The van der Waals surface area contributed by atoms with Gasteiger partial charge in [-0.25, -0.2) is 0 Å². The van der Waals surface area contributed by atoms with Gasteiger partial charge in [0.15, 0.2) is 0 Å². The monoisotopic (exact) mass is 302 g/mol. The Hall–Kier alpha value is -0.680. The SMILES string of the molecule is c1cc2c3c(cccc3c1)C13SCCOC21OCCS3. The molecule has 3 aliphatic rings. The Kier molecular flexibility index (Phi) is 2.35. The van der Waals surface area contributed by atoms with Crippen molar-refractivity contribution in [2.24, 2.45) is 0 Å². The molecule has 0 saturated carbocycles. The number of hydrogen-bond donors (Lipinski definition) is 0. The van der Waals surface area contributed by atoms with Crippen LogP contribution in [-0.4, -0.2) is 24.7 Å². The Balaban J connectivity index is 1.94. The lowest BCUT2D eigenvalue weighted by atomic mass is 10.0. The molecule has 4 heteroatoms. The maximum atomic E-state index is 6.29. The van der Waals surface area contributed by atoms with Gasteiger partial charge in [0.25, 0.3) is 0 Å². The summed E-state index contributed by atoms with van der Waals surface area (Å²) in [6.45, 7) is 1.52. The Morgan fingerprint density at radius 1 is 0.850 bits per heavy atom. The van der Waals surface area contributed by atoms with Crippen LogP contribution in [-0.2, 0) is 19.3 Å². The van der Waals surface area contributed by atoms with E-state index in [1.807, 2.05) is 23.5 Å². The van der Waals surface area contributed by atoms with Crippen LogP contribution in [0.5, 0.6) is 0 Å². The predicted molar refractivity (Wildman–Crippen MR) is 84.1 cm³/mol. The van der Waals surface area contributed by atoms with Gasteiger partial charge >= 0.3 is 0 Å². The Labute approximate surface area is 126 Å². The van der Waals surface area contributed by atoms with E-state index in [4.69, 9.17) is 9.47 Å². The van der Waals surface area contributed by atoms with Crippen molar-refractivity contribution in [1.82, 2.24) is 0 Å². The minimum atomic E-state index is -0.581. The van der Waals surface area contributed by atoms with Gasteiger partial charge in [0.1, 0.15) is 4.08 Å². The molecule has 0 bridgehead atoms. The average Bonchev–Trinajstić information content (AvgIpc) is 2.78. The standard InChI is InChI=1S/C16H14O2S2/c1-3-11-4-2-6-13-14(11)12(5-1)15-16(13,19-9-7-17-15)20-10-8-18-15/h1-6H,7-10H2. The smallest absolute Gasteiger partial charge is 0.224 e. The molecule has 5 rings (SSSR count). The highest BCUT2D eigenvalue weighted by Gasteiger charge is 2.65. The summed E-state index contributed by atoms with van der Waals surface area (Å²) in [6.07, 6.45) is 0. The largest absolute Gasteiger partial charge is 0.343 e. The van der Waals surface area contributed by atoms with Gasteiger partial charge in [0, 0.05) is 17.1 Å². The molecular weight excluding hydrogens is 288 g/mol. The molecule has 102 valence electrons. The molecule has 0 atom stereocenters. The molecule has 2 aliphatic heterocycles. The number of benzene rings is 2. The van der Waals surface area contributed by atoms with Gasteiger partial charge in [0.2, 0.25) is 5.79 Å². The summed E-state index contributed by atoms with van der Waals surface area (Å²) in [5.41, 5.74) is 2.62. The van der Waals surface area contributed by atoms with E-state index in [0.717, 1.165) is 24.7 Å². The first-order valence-corrected chi connectivity index (χ1v) is 8.93. The molecule has 0 amide bonds. The van der Waals surface area contributed by atoms with Crippen molar-refractivity contribution in [2.45, 2.75) is 9.87 Å². The summed E-state index contributed by atoms with van der Waals surface area (Å²) in [4.78, 5) is 0. The second-order valence-corrected chi connectivity index (χ2v) is 8.21. The zero-order chi connectivity index (χ0) is 13.2. The third-order valence-electron chi connectivity index (χ3n) is 4.44. The third-order valence-corrected chi connectivity index (χ3v) is 7.67. The third kappa shape index (κ3) is 1.19. The Morgan fingerprint density at radius 3 is 2.20 bits per heavy atom. The van der Waals surface area contributed by atoms with Crippen LogP contribution < -0.4 is 0 Å². The van der Waals surface area contributed by atoms with Crippen LogP contribution in [0.4, 0.5) is 0 Å². The summed E-state index contributed by atoms with van der Waals surface area (Å²) >= 11 is 4.00. The van der Waals surface area contributed by atoms with Crippen LogP contribution in [0, 0.1) is 0 Å². The molecule has 0 aromatic heterocycles. The van der Waals surface area contributed by atoms with Crippen molar-refractivity contribution >= 4 is 34.3 Å². The van der Waals surface area contributed by atoms with Gasteiger partial charge in [-0.3, -0.25) is 0 Å². The van der Waals surface area contributed by atoms with Gasteiger partial charge in [-0.1, -0.05) is 36.4 Å². The lowest BCUT2D eigenvalue weighted by Gasteiger charge is -2.50. The van der Waals surface area contributed by atoms with Crippen molar-refractivity contribution in [2.75, 3.05) is 24.7 Å². The molecule has 2 aromatic carbocycles. The van der Waals surface area contributed by atoms with E-state index in [-0.39, 0.29) is 4.08 Å². The first-order valence-electron chi connectivity index (χ1n) is 6.96. The molecule has 2 fully saturated rings. The molecule has 2 nitrogen and oxygen atoms in total. The fourth-order valence-electron chi connectivity index (χ4n) is 3.76. The van der Waals surface area contributed by atoms with E-state index in [1.165, 1.54) is 21.9 Å². The van der Waals surface area contributed by atoms with Gasteiger partial charge in [0.05, 0.1) is 13.2 Å². The summed E-state index contributed by atoms with van der Waals surface area (Å²) in [5.74, 6) is 1.48. The van der Waals surface area contributed by atoms with Crippen LogP contribution >= 0.6 is 23.5 Å². The zero-order valence-electron chi connectivity index (χ0n) is 10.9. The topological polar surface area (TPSA) is 18.5 Å². The van der Waals surface area contributed by atoms with Crippen molar-refractivity contribution in [3.63, 3.8) is 0 Å². The van der Waals surface area contributed by atoms with E-state index < -0.39 is 5.79 Å². The van der Waals surface area contributed by atoms with Gasteiger partial charge < -0.3 is 9.47 Å². The first-order chi connectivity index (χ1) is 9.87. The van der Waals surface area contributed by atoms with Crippen LogP contribution in [0.15, 0.2) is 36.4 Å². The van der Waals surface area contributed by atoms with Crippen LogP contribution in [0.3, 0.4) is 0 Å². The van der Waals surface area contributed by atoms with Crippen molar-refractivity contribution in [1.29, 1.82) is 0 Å². The van der Waals surface area contributed by atoms with Crippen molar-refractivity contribution in [3.8, 4) is 0 Å². The van der Waals surface area contributed by atoms with Crippen LogP contribution in [0.1, 0.15) is 11.1 Å². The Morgan fingerprint density at radius 2 is 1.50 bits per heavy atom. The summed E-state index contributed by atoms with van der Waals surface area (Å²) in [7, 11) is 0. The van der Waals surface area contributed by atoms with Crippen LogP contribution in [0.2, 0.25) is 0 Å². The lowest BCUT2D eigenvalue weighted by molar-refractivity contribution is -0.253. The molecule has 1 aliphatic carbocycles. The number of thioether (sulfide) groups is 2. The second-order valence-electron chi connectivity index (χ2n) is 5.34. The summed E-state index contributed by atoms with van der Waals surface area (Å²) in [6, 6.07) is 13.1. The molecule has 0 spiro atoms. The summed E-state index contributed by atoms with van der Waals surface area (Å²) < 4.78 is 12.5. The second kappa shape index (κ2) is 3.95. The molecule has 2 saturated heterocycles. The number of rotatable bonds is 0. The number of hydrogen-bond acceptors (Lipinski definition) is 4. The molecule has 0 unspecified atom stereocenters. The minimum absolute atomic E-state index is 0.118. The molecule has 0 N–H and O–H groups in total. The molecule has 2 aromatic rings. The molecular formula is C16H14O2S2. The van der Waals surface area contributed by atoms with Crippen molar-refractivity contribution < 1.29 is 9.47 Å². The van der Waals surface area contributed by atoms with E-state index in [1.54, 1.807) is 0 Å². The maximum Gasteiger partial charge on any atom is 0.224 e. The van der Waals surface area contributed by atoms with E-state index >= 15 is 0 Å². The average molecular weight is 302 g/mol. The van der Waals surface area contributed by atoms with E-state index in [0.29, 0.717) is 0 Å². The van der Waals surface area contributed by atoms with Crippen molar-refractivity contribution in [3.05, 3.63) is 47.5 Å². The normalized spacial score (nSPS) is 34.8. The molecule has 2 heterocycles. The minimum Gasteiger partial charge on any atom is -0.343 e. The first kappa shape index (κ1) is 11.9. The maximum absolute atomic E-state index is 6.29. The zero-order valence-corrected chi connectivity index (χ0v) is 12.6. The lowest BCUT2D eigenvalue weighted by Crippen LogP contribution is -2.52. The van der Waals surface area contributed by atoms with E-state index in [9.17, 15) is 0 Å². The fraction of sp³-hybridized carbons (Fsp3) is 0.375. The fourth-order valence-corrected chi connectivity index (χ4v) is 6.99. The van der Waals surface area contributed by atoms with Gasteiger partial charge in [-0.2, -0.15) is 0 Å². The predicted octanol–water partition coefficient (Wildman–Crippen LogP) is 3.69.